The molecule has 0 N–H and O–H groups in total. The van der Waals surface area contributed by atoms with E-state index < -0.39 is 0 Å². The van der Waals surface area contributed by atoms with Gasteiger partial charge < -0.3 is 4.74 Å². The van der Waals surface area contributed by atoms with Gasteiger partial charge in [-0.05, 0) is 18.2 Å². The lowest BCUT2D eigenvalue weighted by molar-refractivity contribution is 0.409. The molecule has 0 bridgehead atoms. The fraction of sp³-hybridized carbons (Fsp3) is 0.0909. The summed E-state index contributed by atoms with van der Waals surface area (Å²) < 4.78 is 4.90. The molecule has 0 aliphatic rings. The molecule has 0 saturated carbocycles. The molecule has 14 heavy (non-hydrogen) atoms. The topological polar surface area (TPSA) is 39.2 Å². The van der Waals surface area contributed by atoms with Gasteiger partial charge in [-0.1, -0.05) is 18.2 Å². The zero-order valence-corrected chi connectivity index (χ0v) is 7.73. The van der Waals surface area contributed by atoms with Crippen LogP contribution < -0.4 is 10.3 Å². The van der Waals surface area contributed by atoms with E-state index >= 15 is 0 Å². The highest BCUT2D eigenvalue weighted by molar-refractivity contribution is 5.77. The number of hydrogen-bond acceptors (Lipinski definition) is 3. The van der Waals surface area contributed by atoms with Crippen LogP contribution in [0.2, 0.25) is 0 Å². The van der Waals surface area contributed by atoms with Crippen molar-refractivity contribution in [2.24, 2.45) is 0 Å². The summed E-state index contributed by atoms with van der Waals surface area (Å²) in [6.45, 7) is 0. The number of para-hydroxylation sites is 1. The van der Waals surface area contributed by atoms with Crippen molar-refractivity contribution in [3.05, 3.63) is 46.8 Å². The molecule has 0 radical (unpaired) electrons. The van der Waals surface area contributed by atoms with Gasteiger partial charge in [0.25, 0.3) is 0 Å². The van der Waals surface area contributed by atoms with Gasteiger partial charge in [0.15, 0.2) is 5.75 Å². The van der Waals surface area contributed by atoms with E-state index in [1.807, 2.05) is 24.3 Å². The number of fused-ring (bicyclic) bond motifs is 1. The standard InChI is InChI=1S/C11H9NO2/c1-14-10-7-6-8-4-2-3-5-9(8)12-11(10)13/h2-7H,1H3. The van der Waals surface area contributed by atoms with Crippen molar-refractivity contribution >= 4 is 10.9 Å². The number of nitrogens with zero attached hydrogens (tertiary/aromatic N) is 1. The summed E-state index contributed by atoms with van der Waals surface area (Å²) in [4.78, 5) is 15.4. The van der Waals surface area contributed by atoms with E-state index in [1.54, 1.807) is 12.1 Å². The molecule has 0 fully saturated rings. The minimum atomic E-state index is -0.339. The van der Waals surface area contributed by atoms with E-state index in [1.165, 1.54) is 7.11 Å². The van der Waals surface area contributed by atoms with Crippen molar-refractivity contribution in [3.63, 3.8) is 0 Å². The molecule has 0 unspecified atom stereocenters. The Morgan fingerprint density at radius 2 is 1.93 bits per heavy atom. The Balaban J connectivity index is 2.86. The average Bonchev–Trinajstić information content (AvgIpc) is 2.36. The second-order valence-electron chi connectivity index (χ2n) is 2.88. The van der Waals surface area contributed by atoms with Crippen molar-refractivity contribution in [3.8, 4) is 5.75 Å². The Morgan fingerprint density at radius 3 is 2.71 bits per heavy atom. The number of benzene rings is 1. The van der Waals surface area contributed by atoms with Gasteiger partial charge in [0.05, 0.1) is 12.6 Å². The van der Waals surface area contributed by atoms with Gasteiger partial charge in [-0.2, -0.15) is 0 Å². The Kier molecular flexibility index (Phi) is 2.14. The number of hydrogen-bond donors (Lipinski definition) is 0. The van der Waals surface area contributed by atoms with Crippen LogP contribution in [0.25, 0.3) is 10.9 Å². The van der Waals surface area contributed by atoms with Crippen LogP contribution >= 0.6 is 0 Å². The van der Waals surface area contributed by atoms with E-state index in [0.717, 1.165) is 5.39 Å². The maximum absolute atomic E-state index is 11.4. The van der Waals surface area contributed by atoms with Crippen LogP contribution in [0.3, 0.4) is 0 Å². The SMILES string of the molecule is COc1ccc2ccccc2nc1=O. The highest BCUT2D eigenvalue weighted by Gasteiger charge is 1.98. The highest BCUT2D eigenvalue weighted by atomic mass is 16.5. The maximum atomic E-state index is 11.4. The van der Waals surface area contributed by atoms with Crippen LogP contribution in [-0.4, -0.2) is 12.1 Å². The normalized spacial score (nSPS) is 10.1. The Morgan fingerprint density at radius 1 is 1.14 bits per heavy atom. The van der Waals surface area contributed by atoms with Gasteiger partial charge in [0.1, 0.15) is 0 Å². The van der Waals surface area contributed by atoms with Crippen molar-refractivity contribution in [2.45, 2.75) is 0 Å². The summed E-state index contributed by atoms with van der Waals surface area (Å²) in [5.74, 6) is 0.265. The minimum absolute atomic E-state index is 0.265. The molecule has 0 saturated heterocycles. The lowest BCUT2D eigenvalue weighted by Gasteiger charge is -1.88. The van der Waals surface area contributed by atoms with Gasteiger partial charge in [-0.15, -0.1) is 0 Å². The molecule has 1 heterocycles. The van der Waals surface area contributed by atoms with Gasteiger partial charge in [-0.3, -0.25) is 4.79 Å². The molecular weight excluding hydrogens is 178 g/mol. The minimum Gasteiger partial charge on any atom is -0.491 e. The fourth-order valence-electron chi connectivity index (χ4n) is 1.29. The third-order valence-corrected chi connectivity index (χ3v) is 2.00. The van der Waals surface area contributed by atoms with Crippen LogP contribution in [0.4, 0.5) is 0 Å². The second-order valence-corrected chi connectivity index (χ2v) is 2.88. The molecule has 2 aromatic rings. The first-order valence-electron chi connectivity index (χ1n) is 4.25. The average molecular weight is 187 g/mol. The van der Waals surface area contributed by atoms with Crippen LogP contribution in [0, 0.1) is 0 Å². The first-order chi connectivity index (χ1) is 6.81. The highest BCUT2D eigenvalue weighted by Crippen LogP contribution is 2.10. The molecule has 0 amide bonds. The number of ether oxygens (including phenoxy) is 1. The second kappa shape index (κ2) is 3.46. The van der Waals surface area contributed by atoms with Gasteiger partial charge in [-0.25, -0.2) is 4.98 Å². The van der Waals surface area contributed by atoms with Gasteiger partial charge >= 0.3 is 5.56 Å². The van der Waals surface area contributed by atoms with Crippen LogP contribution in [0.5, 0.6) is 5.75 Å². The molecular formula is C11H9NO2. The summed E-state index contributed by atoms with van der Waals surface area (Å²) in [7, 11) is 1.46. The van der Waals surface area contributed by atoms with E-state index in [0.29, 0.717) is 5.52 Å². The zero-order valence-electron chi connectivity index (χ0n) is 7.73. The first-order valence-corrected chi connectivity index (χ1v) is 4.25. The first kappa shape index (κ1) is 8.69. The fourth-order valence-corrected chi connectivity index (χ4v) is 1.29. The molecule has 70 valence electrons. The lowest BCUT2D eigenvalue weighted by Crippen LogP contribution is -2.04. The predicted molar refractivity (Wildman–Crippen MR) is 54.6 cm³/mol. The van der Waals surface area contributed by atoms with Crippen LogP contribution in [0.15, 0.2) is 41.2 Å². The van der Waals surface area contributed by atoms with E-state index in [-0.39, 0.29) is 11.3 Å². The van der Waals surface area contributed by atoms with Crippen molar-refractivity contribution in [1.82, 2.24) is 4.98 Å². The quantitative estimate of drug-likeness (QED) is 0.680. The predicted octanol–water partition coefficient (Wildman–Crippen LogP) is 1.60. The number of rotatable bonds is 1. The largest absolute Gasteiger partial charge is 0.491 e. The molecule has 1 aromatic heterocycles. The molecule has 0 aliphatic carbocycles. The van der Waals surface area contributed by atoms with Crippen LogP contribution in [-0.2, 0) is 0 Å². The molecule has 2 rings (SSSR count). The smallest absolute Gasteiger partial charge is 0.312 e. The number of aromatic nitrogens is 1. The summed E-state index contributed by atoms with van der Waals surface area (Å²) in [5, 5.41) is 0.924. The lowest BCUT2D eigenvalue weighted by atomic mass is 10.2. The Hall–Kier alpha value is -1.90. The third kappa shape index (κ3) is 1.44. The molecule has 3 heteroatoms. The van der Waals surface area contributed by atoms with Gasteiger partial charge in [0, 0.05) is 5.39 Å². The zero-order chi connectivity index (χ0) is 9.97. The molecule has 0 spiro atoms. The summed E-state index contributed by atoms with van der Waals surface area (Å²) in [6.07, 6.45) is 0. The summed E-state index contributed by atoms with van der Waals surface area (Å²) in [5.41, 5.74) is 0.342. The molecule has 3 nitrogen and oxygen atoms in total. The van der Waals surface area contributed by atoms with Crippen molar-refractivity contribution in [1.29, 1.82) is 0 Å². The van der Waals surface area contributed by atoms with E-state index in [2.05, 4.69) is 4.98 Å². The Labute approximate surface area is 81.0 Å². The summed E-state index contributed by atoms with van der Waals surface area (Å²) >= 11 is 0. The van der Waals surface area contributed by atoms with Crippen LogP contribution in [0.1, 0.15) is 0 Å². The summed E-state index contributed by atoms with van der Waals surface area (Å²) in [6, 6.07) is 10.9. The Bertz CT molecular complexity index is 523. The monoisotopic (exact) mass is 187 g/mol. The van der Waals surface area contributed by atoms with Crippen molar-refractivity contribution < 1.29 is 4.74 Å². The van der Waals surface area contributed by atoms with E-state index in [4.69, 9.17) is 4.74 Å². The van der Waals surface area contributed by atoms with Crippen molar-refractivity contribution in [2.75, 3.05) is 7.11 Å². The van der Waals surface area contributed by atoms with Gasteiger partial charge in [0.2, 0.25) is 0 Å². The molecule has 0 aliphatic heterocycles. The maximum Gasteiger partial charge on any atom is 0.312 e. The third-order valence-electron chi connectivity index (χ3n) is 2.00. The number of methoxy groups -OCH3 is 1. The molecule has 0 atom stereocenters. The van der Waals surface area contributed by atoms with E-state index in [9.17, 15) is 4.79 Å². The molecule has 1 aromatic carbocycles.